The lowest BCUT2D eigenvalue weighted by Gasteiger charge is -2.23. The first-order valence-corrected chi connectivity index (χ1v) is 6.62. The van der Waals surface area contributed by atoms with E-state index in [-0.39, 0.29) is 6.42 Å². The van der Waals surface area contributed by atoms with Gasteiger partial charge in [-0.15, -0.1) is 0 Å². The highest BCUT2D eigenvalue weighted by Crippen LogP contribution is 2.20. The highest BCUT2D eigenvalue weighted by molar-refractivity contribution is 5.89. The van der Waals surface area contributed by atoms with Crippen molar-refractivity contribution >= 4 is 11.9 Å². The van der Waals surface area contributed by atoms with Crippen molar-refractivity contribution in [2.45, 2.75) is 25.0 Å². The fourth-order valence-corrected chi connectivity index (χ4v) is 1.52. The van der Waals surface area contributed by atoms with Crippen LogP contribution in [0.25, 0.3) is 0 Å². The zero-order valence-corrected chi connectivity index (χ0v) is 12.9. The van der Waals surface area contributed by atoms with E-state index in [0.717, 1.165) is 11.0 Å². The number of aliphatic carboxylic acids is 1. The molecular weight excluding hydrogens is 298 g/mol. The van der Waals surface area contributed by atoms with E-state index in [1.165, 1.54) is 0 Å². The van der Waals surface area contributed by atoms with Crippen LogP contribution in [-0.4, -0.2) is 83.4 Å². The summed E-state index contributed by atoms with van der Waals surface area (Å²) < 4.78 is 5.13. The molecule has 2 atom stereocenters. The number of quaternary nitrogens is 1. The van der Waals surface area contributed by atoms with E-state index in [1.807, 2.05) is 21.1 Å². The van der Waals surface area contributed by atoms with Gasteiger partial charge >= 0.3 is 5.97 Å². The molecule has 0 spiro atoms. The van der Waals surface area contributed by atoms with Gasteiger partial charge in [0.15, 0.2) is 11.9 Å². The van der Waals surface area contributed by atoms with E-state index in [4.69, 9.17) is 20.4 Å². The number of aliphatic hydroxyl groups excluding tert-OH is 4. The quantitative estimate of drug-likeness (QED) is 0.319. The molecule has 1 rings (SSSR count). The SMILES string of the molecule is C[N+](C)(C)CCCC(=O)[O-].O=C1O[C@H]([C@@H](O)CO)C(O)=C1O. The third-order valence-electron chi connectivity index (χ3n) is 2.69. The summed E-state index contributed by atoms with van der Waals surface area (Å²) in [7, 11) is 6.11. The Bertz CT molecular complexity index is 426. The second-order valence-corrected chi connectivity index (χ2v) is 5.80. The van der Waals surface area contributed by atoms with Crippen molar-refractivity contribution in [3.8, 4) is 0 Å². The van der Waals surface area contributed by atoms with E-state index < -0.39 is 42.3 Å². The number of hydrogen-bond acceptors (Lipinski definition) is 8. The molecule has 0 saturated carbocycles. The Morgan fingerprint density at radius 3 is 2.23 bits per heavy atom. The van der Waals surface area contributed by atoms with Crippen LogP contribution in [0.2, 0.25) is 0 Å². The minimum atomic E-state index is -1.42. The van der Waals surface area contributed by atoms with Crippen LogP contribution in [0.5, 0.6) is 0 Å². The summed E-state index contributed by atoms with van der Waals surface area (Å²) in [5, 5.41) is 45.0. The van der Waals surface area contributed by atoms with Crippen molar-refractivity contribution in [2.75, 3.05) is 34.3 Å². The summed E-state index contributed by atoms with van der Waals surface area (Å²) in [6.45, 7) is 0.212. The summed E-state index contributed by atoms with van der Waals surface area (Å²) in [6.07, 6.45) is -1.90. The molecule has 0 aromatic rings. The number of cyclic esters (lactones) is 1. The van der Waals surface area contributed by atoms with Gasteiger partial charge in [-0.3, -0.25) is 0 Å². The number of carbonyl (C=O) groups excluding carboxylic acids is 2. The molecule has 0 unspecified atom stereocenters. The molecule has 0 amide bonds. The number of hydrogen-bond donors (Lipinski definition) is 4. The largest absolute Gasteiger partial charge is 0.550 e. The van der Waals surface area contributed by atoms with E-state index in [2.05, 4.69) is 4.74 Å². The number of carboxylic acids is 1. The van der Waals surface area contributed by atoms with Crippen molar-refractivity contribution < 1.29 is 44.3 Å². The van der Waals surface area contributed by atoms with Gasteiger partial charge in [0, 0.05) is 12.4 Å². The van der Waals surface area contributed by atoms with Gasteiger partial charge in [0.1, 0.15) is 6.10 Å². The van der Waals surface area contributed by atoms with Gasteiger partial charge in [-0.25, -0.2) is 4.79 Å². The van der Waals surface area contributed by atoms with E-state index in [0.29, 0.717) is 6.42 Å². The summed E-state index contributed by atoms with van der Waals surface area (Å²) in [6, 6.07) is 0. The van der Waals surface area contributed by atoms with Crippen LogP contribution in [0.1, 0.15) is 12.8 Å². The average Bonchev–Trinajstić information content (AvgIpc) is 2.64. The summed E-state index contributed by atoms with van der Waals surface area (Å²) in [4.78, 5) is 20.5. The summed E-state index contributed by atoms with van der Waals surface area (Å²) >= 11 is 0. The minimum Gasteiger partial charge on any atom is -0.550 e. The Morgan fingerprint density at radius 1 is 1.36 bits per heavy atom. The van der Waals surface area contributed by atoms with Crippen LogP contribution in [0.3, 0.4) is 0 Å². The van der Waals surface area contributed by atoms with Gasteiger partial charge in [-0.2, -0.15) is 0 Å². The van der Waals surface area contributed by atoms with Crippen LogP contribution >= 0.6 is 0 Å². The Labute approximate surface area is 128 Å². The number of aliphatic hydroxyl groups is 4. The highest BCUT2D eigenvalue weighted by Gasteiger charge is 2.38. The number of nitrogens with zero attached hydrogens (tertiary/aromatic N) is 1. The summed E-state index contributed by atoms with van der Waals surface area (Å²) in [5.41, 5.74) is 0. The van der Waals surface area contributed by atoms with Crippen molar-refractivity contribution in [3.05, 3.63) is 11.5 Å². The molecule has 0 aliphatic carbocycles. The molecule has 1 heterocycles. The third kappa shape index (κ3) is 7.25. The number of carboxylic acid groups (broad SMARTS) is 1. The van der Waals surface area contributed by atoms with Crippen LogP contribution in [0, 0.1) is 0 Å². The maximum absolute atomic E-state index is 10.5. The fraction of sp³-hybridized carbons (Fsp3) is 0.692. The van der Waals surface area contributed by atoms with E-state index in [9.17, 15) is 14.7 Å². The predicted molar refractivity (Wildman–Crippen MR) is 72.4 cm³/mol. The van der Waals surface area contributed by atoms with Crippen LogP contribution in [0.4, 0.5) is 0 Å². The molecule has 9 nitrogen and oxygen atoms in total. The van der Waals surface area contributed by atoms with Gasteiger partial charge in [0.05, 0.1) is 34.3 Å². The van der Waals surface area contributed by atoms with Gasteiger partial charge in [0.2, 0.25) is 5.76 Å². The smallest absolute Gasteiger partial charge is 0.377 e. The number of rotatable bonds is 6. The minimum absolute atomic E-state index is 0.176. The monoisotopic (exact) mass is 321 g/mol. The van der Waals surface area contributed by atoms with Crippen LogP contribution < -0.4 is 5.11 Å². The zero-order valence-electron chi connectivity index (χ0n) is 12.9. The first-order chi connectivity index (χ1) is 9.99. The molecule has 1 aliphatic heterocycles. The normalized spacial score (nSPS) is 19.3. The van der Waals surface area contributed by atoms with E-state index in [1.54, 1.807) is 0 Å². The van der Waals surface area contributed by atoms with Gasteiger partial charge < -0.3 is 39.5 Å². The zero-order chi connectivity index (χ0) is 17.5. The third-order valence-corrected chi connectivity index (χ3v) is 2.69. The van der Waals surface area contributed by atoms with Crippen LogP contribution in [-0.2, 0) is 14.3 Å². The number of esters is 1. The first kappa shape index (κ1) is 20.2. The van der Waals surface area contributed by atoms with Gasteiger partial charge in [-0.05, 0) is 6.42 Å². The lowest BCUT2D eigenvalue weighted by Crippen LogP contribution is -2.36. The van der Waals surface area contributed by atoms with Crippen LogP contribution in [0.15, 0.2) is 11.5 Å². The molecule has 9 heteroatoms. The molecule has 0 aromatic heterocycles. The molecule has 0 saturated heterocycles. The topological polar surface area (TPSA) is 147 Å². The molecule has 4 N–H and O–H groups in total. The molecule has 0 fully saturated rings. The second-order valence-electron chi connectivity index (χ2n) is 5.80. The molecular formula is C13H23NO8. The molecule has 128 valence electrons. The average molecular weight is 321 g/mol. The van der Waals surface area contributed by atoms with Crippen molar-refractivity contribution in [3.63, 3.8) is 0 Å². The molecule has 0 bridgehead atoms. The second kappa shape index (κ2) is 8.57. The van der Waals surface area contributed by atoms with Gasteiger partial charge in [0.25, 0.3) is 0 Å². The molecule has 1 aliphatic rings. The Balaban J connectivity index is 0.000000409. The number of ether oxygens (including phenoxy) is 1. The Kier molecular flexibility index (Phi) is 7.85. The standard InChI is InChI=1S/C7H15NO2.C6H8O6/c1-8(2,3)6-4-5-7(9)10;7-1-2(8)5-3(9)4(10)6(11)12-5/h4-6H2,1-3H3;2,5,7-10H,1H2/t;2-,5+/m.0/s1. The van der Waals surface area contributed by atoms with Crippen molar-refractivity contribution in [1.29, 1.82) is 0 Å². The molecule has 22 heavy (non-hydrogen) atoms. The molecule has 0 aromatic carbocycles. The first-order valence-electron chi connectivity index (χ1n) is 6.62. The Morgan fingerprint density at radius 2 is 1.91 bits per heavy atom. The predicted octanol–water partition coefficient (Wildman–Crippen LogP) is -2.18. The maximum Gasteiger partial charge on any atom is 0.377 e. The van der Waals surface area contributed by atoms with Crippen molar-refractivity contribution in [2.24, 2.45) is 0 Å². The summed E-state index contributed by atoms with van der Waals surface area (Å²) in [5.74, 6) is -3.73. The highest BCUT2D eigenvalue weighted by atomic mass is 16.6. The molecule has 0 radical (unpaired) electrons. The fourth-order valence-electron chi connectivity index (χ4n) is 1.52. The Hall–Kier alpha value is -1.84. The van der Waals surface area contributed by atoms with E-state index >= 15 is 0 Å². The lowest BCUT2D eigenvalue weighted by molar-refractivity contribution is -0.870. The van der Waals surface area contributed by atoms with Gasteiger partial charge in [-0.1, -0.05) is 0 Å². The lowest BCUT2D eigenvalue weighted by atomic mass is 10.2. The van der Waals surface area contributed by atoms with Crippen molar-refractivity contribution in [1.82, 2.24) is 0 Å². The maximum atomic E-state index is 10.5. The number of carbonyl (C=O) groups is 2.